The van der Waals surface area contributed by atoms with Crippen LogP contribution in [0.3, 0.4) is 0 Å². The lowest BCUT2D eigenvalue weighted by Gasteiger charge is -2.23. The van der Waals surface area contributed by atoms with Crippen molar-refractivity contribution in [1.82, 2.24) is 0 Å². The Morgan fingerprint density at radius 2 is 1.79 bits per heavy atom. The molecule has 1 heterocycles. The summed E-state index contributed by atoms with van der Waals surface area (Å²) in [4.78, 5) is 4.66. The molecule has 96 valence electrons. The van der Waals surface area contributed by atoms with Gasteiger partial charge in [-0.1, -0.05) is 48.5 Å². The lowest BCUT2D eigenvalue weighted by atomic mass is 10.0. The molecule has 3 heteroatoms. The van der Waals surface area contributed by atoms with E-state index >= 15 is 0 Å². The second kappa shape index (κ2) is 5.14. The fourth-order valence-electron chi connectivity index (χ4n) is 2.31. The topological polar surface area (TPSA) is 47.6 Å². The number of hydrogen-bond acceptors (Lipinski definition) is 2. The second-order valence-electron chi connectivity index (χ2n) is 4.57. The third-order valence-corrected chi connectivity index (χ3v) is 3.29. The predicted molar refractivity (Wildman–Crippen MR) is 76.5 cm³/mol. The van der Waals surface area contributed by atoms with Crippen molar-refractivity contribution in [1.29, 1.82) is 0 Å². The molecule has 1 atom stereocenters. The number of nitrogens with two attached hydrogens (primary N) is 1. The molecule has 1 aliphatic heterocycles. The van der Waals surface area contributed by atoms with Gasteiger partial charge >= 0.3 is 0 Å². The van der Waals surface area contributed by atoms with E-state index in [-0.39, 0.29) is 6.04 Å². The van der Waals surface area contributed by atoms with Crippen LogP contribution in [0.2, 0.25) is 0 Å². The Labute approximate surface area is 112 Å². The Morgan fingerprint density at radius 1 is 1.05 bits per heavy atom. The number of nitrogens with zero attached hydrogens (tertiary/aromatic N) is 1. The van der Waals surface area contributed by atoms with E-state index in [4.69, 9.17) is 10.5 Å². The number of para-hydroxylation sites is 1. The first-order valence-corrected chi connectivity index (χ1v) is 6.45. The summed E-state index contributed by atoms with van der Waals surface area (Å²) in [5.41, 5.74) is 8.17. The van der Waals surface area contributed by atoms with Crippen molar-refractivity contribution < 1.29 is 4.74 Å². The number of hydrogen-bond donors (Lipinski definition) is 1. The molecule has 2 aromatic rings. The maximum atomic E-state index is 6.09. The smallest absolute Gasteiger partial charge is 0.126 e. The molecule has 1 aliphatic rings. The first-order chi connectivity index (χ1) is 9.34. The highest BCUT2D eigenvalue weighted by Gasteiger charge is 2.20. The van der Waals surface area contributed by atoms with E-state index in [1.807, 2.05) is 48.5 Å². The molecule has 0 spiro atoms. The lowest BCUT2D eigenvalue weighted by Crippen LogP contribution is -2.18. The number of rotatable bonds is 2. The Bertz CT molecular complexity index is 593. The van der Waals surface area contributed by atoms with Crippen LogP contribution in [0.5, 0.6) is 5.75 Å². The van der Waals surface area contributed by atoms with Gasteiger partial charge in [0.05, 0.1) is 12.6 Å². The summed E-state index contributed by atoms with van der Waals surface area (Å²) >= 11 is 0. The molecule has 0 fully saturated rings. The number of ether oxygens (including phenoxy) is 1. The Hall–Kier alpha value is -2.29. The average molecular weight is 252 g/mol. The fraction of sp³-hybridized carbons (Fsp3) is 0.188. The molecule has 2 N–H and O–H groups in total. The lowest BCUT2D eigenvalue weighted by molar-refractivity contribution is 0.269. The first kappa shape index (κ1) is 11.8. The van der Waals surface area contributed by atoms with Gasteiger partial charge in [-0.2, -0.15) is 0 Å². The van der Waals surface area contributed by atoms with Gasteiger partial charge in [-0.25, -0.2) is 0 Å². The summed E-state index contributed by atoms with van der Waals surface area (Å²) in [7, 11) is 0. The molecule has 0 aromatic heterocycles. The Balaban J connectivity index is 1.92. The molecule has 3 nitrogen and oxygen atoms in total. The van der Waals surface area contributed by atoms with E-state index in [1.54, 1.807) is 0 Å². The normalized spacial score (nSPS) is 18.5. The molecule has 0 bridgehead atoms. The van der Waals surface area contributed by atoms with Crippen molar-refractivity contribution in [2.75, 3.05) is 6.61 Å². The summed E-state index contributed by atoms with van der Waals surface area (Å²) in [6.45, 7) is 0.688. The number of amidine groups is 1. The first-order valence-electron chi connectivity index (χ1n) is 6.45. The molecule has 3 rings (SSSR count). The maximum Gasteiger partial charge on any atom is 0.126 e. The summed E-state index contributed by atoms with van der Waals surface area (Å²) in [6.07, 6.45) is 0.866. The van der Waals surface area contributed by atoms with Gasteiger partial charge in [0.25, 0.3) is 0 Å². The van der Waals surface area contributed by atoms with Gasteiger partial charge in [-0.15, -0.1) is 0 Å². The van der Waals surface area contributed by atoms with Crippen LogP contribution in [0, 0.1) is 0 Å². The molecular weight excluding hydrogens is 236 g/mol. The predicted octanol–water partition coefficient (Wildman–Crippen LogP) is 2.92. The molecular formula is C16H16N2O. The summed E-state index contributed by atoms with van der Waals surface area (Å²) in [5.74, 6) is 1.51. The van der Waals surface area contributed by atoms with Gasteiger partial charge in [0.15, 0.2) is 0 Å². The zero-order valence-corrected chi connectivity index (χ0v) is 10.6. The summed E-state index contributed by atoms with van der Waals surface area (Å²) < 4.78 is 5.63. The van der Waals surface area contributed by atoms with Crippen LogP contribution in [0.1, 0.15) is 23.6 Å². The minimum atomic E-state index is 0.0881. The monoisotopic (exact) mass is 252 g/mol. The Morgan fingerprint density at radius 3 is 2.63 bits per heavy atom. The van der Waals surface area contributed by atoms with Crippen LogP contribution in [0.15, 0.2) is 59.6 Å². The quantitative estimate of drug-likeness (QED) is 0.660. The second-order valence-corrected chi connectivity index (χ2v) is 4.57. The maximum absolute atomic E-state index is 6.09. The van der Waals surface area contributed by atoms with E-state index < -0.39 is 0 Å². The fourth-order valence-corrected chi connectivity index (χ4v) is 2.31. The number of benzene rings is 2. The van der Waals surface area contributed by atoms with Gasteiger partial charge < -0.3 is 10.5 Å². The molecule has 0 saturated heterocycles. The largest absolute Gasteiger partial charge is 0.493 e. The van der Waals surface area contributed by atoms with E-state index in [2.05, 4.69) is 11.1 Å². The van der Waals surface area contributed by atoms with Gasteiger partial charge in [0.1, 0.15) is 11.6 Å². The highest BCUT2D eigenvalue weighted by atomic mass is 16.5. The van der Waals surface area contributed by atoms with Crippen molar-refractivity contribution in [3.63, 3.8) is 0 Å². The van der Waals surface area contributed by atoms with E-state index in [9.17, 15) is 0 Å². The third-order valence-electron chi connectivity index (χ3n) is 3.29. The van der Waals surface area contributed by atoms with E-state index in [1.165, 1.54) is 0 Å². The molecule has 0 saturated carbocycles. The Kier molecular flexibility index (Phi) is 3.19. The summed E-state index contributed by atoms with van der Waals surface area (Å²) in [5, 5.41) is 0. The van der Waals surface area contributed by atoms with E-state index in [0.29, 0.717) is 12.4 Å². The van der Waals surface area contributed by atoms with Gasteiger partial charge in [-0.05, 0) is 6.07 Å². The van der Waals surface area contributed by atoms with Crippen LogP contribution in [-0.2, 0) is 0 Å². The molecule has 1 unspecified atom stereocenters. The van der Waals surface area contributed by atoms with E-state index in [0.717, 1.165) is 23.3 Å². The van der Waals surface area contributed by atoms with Crippen LogP contribution >= 0.6 is 0 Å². The minimum absolute atomic E-state index is 0.0881. The molecule has 2 aromatic carbocycles. The van der Waals surface area contributed by atoms with Crippen molar-refractivity contribution in [3.8, 4) is 5.75 Å². The SMILES string of the molecule is NC(=NC1CCOc2ccccc21)c1ccccc1. The standard InChI is InChI=1S/C16H16N2O/c17-16(12-6-2-1-3-7-12)18-14-10-11-19-15-9-5-4-8-13(14)15/h1-9,14H,10-11H2,(H2,17,18). The van der Waals surface area contributed by atoms with Crippen molar-refractivity contribution >= 4 is 5.84 Å². The van der Waals surface area contributed by atoms with Crippen molar-refractivity contribution in [2.45, 2.75) is 12.5 Å². The summed E-state index contributed by atoms with van der Waals surface area (Å²) in [6, 6.07) is 18.0. The molecule has 19 heavy (non-hydrogen) atoms. The van der Waals surface area contributed by atoms with Crippen LogP contribution in [0.25, 0.3) is 0 Å². The minimum Gasteiger partial charge on any atom is -0.493 e. The highest BCUT2D eigenvalue weighted by molar-refractivity contribution is 5.97. The van der Waals surface area contributed by atoms with Crippen LogP contribution in [0.4, 0.5) is 0 Å². The molecule has 0 radical (unpaired) electrons. The van der Waals surface area contributed by atoms with Crippen molar-refractivity contribution in [3.05, 3.63) is 65.7 Å². The van der Waals surface area contributed by atoms with Gasteiger partial charge in [-0.3, -0.25) is 4.99 Å². The van der Waals surface area contributed by atoms with Crippen LogP contribution < -0.4 is 10.5 Å². The van der Waals surface area contributed by atoms with Gasteiger partial charge in [0, 0.05) is 17.5 Å². The van der Waals surface area contributed by atoms with Crippen LogP contribution in [-0.4, -0.2) is 12.4 Å². The number of aliphatic imine (C=N–C) groups is 1. The zero-order chi connectivity index (χ0) is 13.1. The zero-order valence-electron chi connectivity index (χ0n) is 10.6. The highest BCUT2D eigenvalue weighted by Crippen LogP contribution is 2.34. The molecule has 0 aliphatic carbocycles. The number of fused-ring (bicyclic) bond motifs is 1. The van der Waals surface area contributed by atoms with Gasteiger partial charge in [0.2, 0.25) is 0 Å². The third kappa shape index (κ3) is 2.45. The van der Waals surface area contributed by atoms with Crippen molar-refractivity contribution in [2.24, 2.45) is 10.7 Å². The average Bonchev–Trinajstić information content (AvgIpc) is 2.48. The molecule has 0 amide bonds.